The Morgan fingerprint density at radius 2 is 2.67 bits per heavy atom. The molecule has 0 unspecified atom stereocenters. The average Bonchev–Trinajstić information content (AvgIpc) is 2.14. The second-order valence-corrected chi connectivity index (χ2v) is 2.81. The van der Waals surface area contributed by atoms with Gasteiger partial charge < -0.3 is 11.2 Å². The second-order valence-electron chi connectivity index (χ2n) is 1.64. The van der Waals surface area contributed by atoms with E-state index in [4.69, 9.17) is 11.1 Å². The Labute approximate surface area is 57.7 Å². The van der Waals surface area contributed by atoms with E-state index in [1.165, 1.54) is 11.9 Å². The van der Waals surface area contributed by atoms with Gasteiger partial charge in [0.15, 0.2) is 0 Å². The minimum atomic E-state index is 0.108. The molecule has 50 valence electrons. The number of hydrogen-bond donors (Lipinski definition) is 3. The Balaban J connectivity index is 2.55. The van der Waals surface area contributed by atoms with Crippen LogP contribution in [0.2, 0.25) is 0 Å². The van der Waals surface area contributed by atoms with Crippen molar-refractivity contribution in [3.05, 3.63) is 11.1 Å². The lowest BCUT2D eigenvalue weighted by molar-refractivity contribution is 0.505. The first-order chi connectivity index (χ1) is 4.20. The third kappa shape index (κ3) is 1.36. The van der Waals surface area contributed by atoms with Crippen LogP contribution in [0.15, 0.2) is 11.1 Å². The molecule has 0 bridgehead atoms. The average molecular weight is 144 g/mol. The molecule has 4 nitrogen and oxygen atoms in total. The van der Waals surface area contributed by atoms with Gasteiger partial charge in [0.05, 0.1) is 4.91 Å². The highest BCUT2D eigenvalue weighted by molar-refractivity contribution is 8.01. The monoisotopic (exact) mass is 144 g/mol. The van der Waals surface area contributed by atoms with Gasteiger partial charge in [-0.3, -0.25) is 5.41 Å². The summed E-state index contributed by atoms with van der Waals surface area (Å²) < 4.78 is 1.77. The number of hydrazine groups is 1. The second kappa shape index (κ2) is 2.28. The summed E-state index contributed by atoms with van der Waals surface area (Å²) in [5, 5.41) is 7.00. The molecule has 9 heavy (non-hydrogen) atoms. The summed E-state index contributed by atoms with van der Waals surface area (Å²) in [5.74, 6) is 0.108. The maximum absolute atomic E-state index is 7.00. The lowest BCUT2D eigenvalue weighted by Crippen LogP contribution is -2.17. The zero-order valence-corrected chi connectivity index (χ0v) is 5.83. The van der Waals surface area contributed by atoms with Crippen LogP contribution in [0, 0.1) is 5.41 Å². The number of nitrogens with one attached hydrogen (secondary N) is 2. The van der Waals surface area contributed by atoms with Crippen LogP contribution in [-0.4, -0.2) is 17.3 Å². The maximum Gasteiger partial charge on any atom is 0.132 e. The minimum absolute atomic E-state index is 0.108. The van der Waals surface area contributed by atoms with E-state index >= 15 is 0 Å². The summed E-state index contributed by atoms with van der Waals surface area (Å²) in [6.07, 6.45) is 1.70. The van der Waals surface area contributed by atoms with Gasteiger partial charge in [0.1, 0.15) is 5.84 Å². The lowest BCUT2D eigenvalue weighted by Gasteiger charge is -2.04. The van der Waals surface area contributed by atoms with Gasteiger partial charge in [-0.1, -0.05) is 0 Å². The van der Waals surface area contributed by atoms with Crippen molar-refractivity contribution < 1.29 is 0 Å². The van der Waals surface area contributed by atoms with Crippen molar-refractivity contribution in [3.63, 3.8) is 0 Å². The first-order valence-corrected chi connectivity index (χ1v) is 3.20. The predicted molar refractivity (Wildman–Crippen MR) is 38.5 cm³/mol. The Morgan fingerprint density at radius 1 is 2.00 bits per heavy atom. The summed E-state index contributed by atoms with van der Waals surface area (Å²) in [4.78, 5) is 0.762. The van der Waals surface area contributed by atoms with E-state index in [0.29, 0.717) is 0 Å². The molecule has 5 heteroatoms. The Kier molecular flexibility index (Phi) is 1.63. The molecule has 0 spiro atoms. The van der Waals surface area contributed by atoms with Gasteiger partial charge in [-0.25, -0.2) is 0 Å². The molecule has 0 aromatic rings. The first-order valence-electron chi connectivity index (χ1n) is 2.42. The fourth-order valence-corrected chi connectivity index (χ4v) is 1.08. The fourth-order valence-electron chi connectivity index (χ4n) is 0.477. The molecule has 0 saturated carbocycles. The molecule has 0 fully saturated rings. The number of nitrogens with two attached hydrogens (primary N) is 1. The predicted octanol–water partition coefficient (Wildman–Crippen LogP) is -0.138. The van der Waals surface area contributed by atoms with E-state index in [1.54, 1.807) is 10.6 Å². The first kappa shape index (κ1) is 6.44. The van der Waals surface area contributed by atoms with E-state index in [0.717, 1.165) is 4.91 Å². The van der Waals surface area contributed by atoms with E-state index in [1.807, 2.05) is 7.05 Å². The topological polar surface area (TPSA) is 65.1 Å². The third-order valence-electron chi connectivity index (χ3n) is 0.878. The van der Waals surface area contributed by atoms with Crippen molar-refractivity contribution in [1.29, 1.82) is 5.41 Å². The maximum atomic E-state index is 7.00. The molecule has 1 aliphatic heterocycles. The van der Waals surface area contributed by atoms with Gasteiger partial charge in [-0.15, -0.1) is 0 Å². The van der Waals surface area contributed by atoms with Crippen molar-refractivity contribution in [2.24, 2.45) is 5.73 Å². The molecular weight excluding hydrogens is 136 g/mol. The molecule has 0 aromatic carbocycles. The number of nitrogens with zero attached hydrogens (tertiary/aromatic N) is 1. The van der Waals surface area contributed by atoms with Crippen LogP contribution >= 0.6 is 11.9 Å². The van der Waals surface area contributed by atoms with Crippen LogP contribution < -0.4 is 11.2 Å². The molecule has 0 aromatic heterocycles. The molecule has 4 N–H and O–H groups in total. The molecule has 0 amide bonds. The van der Waals surface area contributed by atoms with Crippen molar-refractivity contribution in [2.75, 3.05) is 7.05 Å². The molecule has 1 rings (SSSR count). The largest absolute Gasteiger partial charge is 0.383 e. The molecule has 0 radical (unpaired) electrons. The van der Waals surface area contributed by atoms with E-state index in [-0.39, 0.29) is 5.84 Å². The van der Waals surface area contributed by atoms with Gasteiger partial charge in [0.25, 0.3) is 0 Å². The highest BCUT2D eigenvalue weighted by Gasteiger charge is 2.11. The van der Waals surface area contributed by atoms with E-state index < -0.39 is 0 Å². The van der Waals surface area contributed by atoms with Crippen LogP contribution in [-0.2, 0) is 0 Å². The third-order valence-corrected chi connectivity index (χ3v) is 1.79. The zero-order valence-electron chi connectivity index (χ0n) is 5.01. The number of amidine groups is 1. The molecule has 0 atom stereocenters. The van der Waals surface area contributed by atoms with Crippen LogP contribution in [0.3, 0.4) is 0 Å². The van der Waals surface area contributed by atoms with Gasteiger partial charge in [0, 0.05) is 13.2 Å². The zero-order chi connectivity index (χ0) is 6.85. The summed E-state index contributed by atoms with van der Waals surface area (Å²) in [6.45, 7) is 0. The van der Waals surface area contributed by atoms with Crippen molar-refractivity contribution in [1.82, 2.24) is 9.84 Å². The van der Waals surface area contributed by atoms with Crippen LogP contribution in [0.1, 0.15) is 0 Å². The fraction of sp³-hybridized carbons (Fsp3) is 0.250. The summed E-state index contributed by atoms with van der Waals surface area (Å²) >= 11 is 1.41. The van der Waals surface area contributed by atoms with Gasteiger partial charge >= 0.3 is 0 Å². The van der Waals surface area contributed by atoms with Crippen LogP contribution in [0.4, 0.5) is 0 Å². The quantitative estimate of drug-likeness (QED) is 0.272. The summed E-state index contributed by atoms with van der Waals surface area (Å²) in [7, 11) is 1.86. The SMILES string of the molecule is CN1NC=C(C(=N)N)S1. The number of rotatable bonds is 1. The Morgan fingerprint density at radius 3 is 2.89 bits per heavy atom. The Hall–Kier alpha value is -0.680. The standard InChI is InChI=1S/C4H8N4S/c1-8-7-2-3(9-8)4(5)6/h2,7H,1H3,(H3,5,6). The summed E-state index contributed by atoms with van der Waals surface area (Å²) in [5.41, 5.74) is 8.05. The highest BCUT2D eigenvalue weighted by atomic mass is 32.2. The molecular formula is C4H8N4S. The summed E-state index contributed by atoms with van der Waals surface area (Å²) in [6, 6.07) is 0. The van der Waals surface area contributed by atoms with E-state index in [2.05, 4.69) is 5.43 Å². The molecule has 0 saturated heterocycles. The lowest BCUT2D eigenvalue weighted by atomic mass is 10.6. The smallest absolute Gasteiger partial charge is 0.132 e. The van der Waals surface area contributed by atoms with Gasteiger partial charge in [-0.2, -0.15) is 4.41 Å². The van der Waals surface area contributed by atoms with Crippen molar-refractivity contribution in [2.45, 2.75) is 0 Å². The van der Waals surface area contributed by atoms with Crippen molar-refractivity contribution >= 4 is 17.8 Å². The highest BCUT2D eigenvalue weighted by Crippen LogP contribution is 2.20. The molecule has 1 heterocycles. The normalized spacial score (nSPS) is 19.0. The number of hydrogen-bond acceptors (Lipinski definition) is 4. The van der Waals surface area contributed by atoms with Crippen LogP contribution in [0.25, 0.3) is 0 Å². The van der Waals surface area contributed by atoms with Crippen LogP contribution in [0.5, 0.6) is 0 Å². The van der Waals surface area contributed by atoms with Gasteiger partial charge in [0.2, 0.25) is 0 Å². The Bertz CT molecular complexity index is 164. The molecule has 0 aliphatic carbocycles. The van der Waals surface area contributed by atoms with Crippen molar-refractivity contribution in [3.8, 4) is 0 Å². The van der Waals surface area contributed by atoms with E-state index in [9.17, 15) is 0 Å². The minimum Gasteiger partial charge on any atom is -0.383 e. The molecule has 1 aliphatic rings. The van der Waals surface area contributed by atoms with Gasteiger partial charge in [-0.05, 0) is 11.9 Å².